The van der Waals surface area contributed by atoms with Crippen LogP contribution in [0.2, 0.25) is 0 Å². The Balaban J connectivity index is 1.88. The summed E-state index contributed by atoms with van der Waals surface area (Å²) >= 11 is 0. The number of nitrogens with zero attached hydrogens (tertiary/aromatic N) is 4. The van der Waals surface area contributed by atoms with Crippen LogP contribution in [0.1, 0.15) is 15.9 Å². The molecule has 0 unspecified atom stereocenters. The lowest BCUT2D eigenvalue weighted by Gasteiger charge is -2.04. The molecule has 4 rings (SSSR count). The number of hydrogen-bond acceptors (Lipinski definition) is 3. The fourth-order valence-electron chi connectivity index (χ4n) is 2.68. The molecule has 2 aromatic heterocycles. The van der Waals surface area contributed by atoms with Crippen LogP contribution in [0.4, 0.5) is 0 Å². The molecule has 0 saturated carbocycles. The minimum absolute atomic E-state index is 0.0916. The van der Waals surface area contributed by atoms with Gasteiger partial charge in [-0.2, -0.15) is 0 Å². The van der Waals surface area contributed by atoms with Crippen molar-refractivity contribution in [1.29, 1.82) is 0 Å². The predicted molar refractivity (Wildman–Crippen MR) is 74.2 cm³/mol. The van der Waals surface area contributed by atoms with Crippen LogP contribution in [0.25, 0.3) is 16.9 Å². The van der Waals surface area contributed by atoms with E-state index in [1.165, 1.54) is 0 Å². The Kier molecular flexibility index (Phi) is 2.18. The molecule has 0 radical (unpaired) electrons. The van der Waals surface area contributed by atoms with Crippen LogP contribution in [0.15, 0.2) is 43.0 Å². The van der Waals surface area contributed by atoms with Gasteiger partial charge in [0.05, 0.1) is 18.1 Å². The first-order chi connectivity index (χ1) is 9.74. The molecule has 5 heteroatoms. The third-order valence-corrected chi connectivity index (χ3v) is 3.70. The highest BCUT2D eigenvalue weighted by atomic mass is 16.2. The van der Waals surface area contributed by atoms with Gasteiger partial charge < -0.3 is 4.90 Å². The van der Waals surface area contributed by atoms with Crippen molar-refractivity contribution in [3.63, 3.8) is 0 Å². The standard InChI is InChI=1S/C15H12N4O/c1-18-9-11-6-10(2-3-12(11)15(18)20)13-7-17-14-8-16-4-5-19(13)14/h2-8H,9H2,1H3. The molecular weight excluding hydrogens is 252 g/mol. The molecule has 0 bridgehead atoms. The summed E-state index contributed by atoms with van der Waals surface area (Å²) in [6, 6.07) is 5.94. The number of aromatic nitrogens is 3. The van der Waals surface area contributed by atoms with E-state index in [0.717, 1.165) is 28.0 Å². The maximum atomic E-state index is 11.9. The normalized spacial score (nSPS) is 14.1. The number of imidazole rings is 1. The lowest BCUT2D eigenvalue weighted by atomic mass is 10.0. The average Bonchev–Trinajstić information content (AvgIpc) is 3.01. The van der Waals surface area contributed by atoms with Crippen LogP contribution in [0.3, 0.4) is 0 Å². The molecule has 0 saturated heterocycles. The van der Waals surface area contributed by atoms with Crippen molar-refractivity contribution >= 4 is 11.6 Å². The molecular formula is C15H12N4O. The summed E-state index contributed by atoms with van der Waals surface area (Å²) in [6.07, 6.45) is 7.19. The molecule has 0 spiro atoms. The van der Waals surface area contributed by atoms with E-state index in [4.69, 9.17) is 0 Å². The van der Waals surface area contributed by atoms with Gasteiger partial charge in [0.15, 0.2) is 5.65 Å². The molecule has 0 aliphatic carbocycles. The van der Waals surface area contributed by atoms with Gasteiger partial charge in [0, 0.05) is 37.1 Å². The second-order valence-electron chi connectivity index (χ2n) is 4.98. The van der Waals surface area contributed by atoms with Crippen molar-refractivity contribution in [2.24, 2.45) is 0 Å². The highest BCUT2D eigenvalue weighted by molar-refractivity contribution is 5.98. The molecule has 20 heavy (non-hydrogen) atoms. The molecule has 1 aliphatic rings. The summed E-state index contributed by atoms with van der Waals surface area (Å²) in [5, 5.41) is 0. The van der Waals surface area contributed by atoms with Gasteiger partial charge >= 0.3 is 0 Å². The van der Waals surface area contributed by atoms with Crippen LogP contribution in [0, 0.1) is 0 Å². The van der Waals surface area contributed by atoms with Gasteiger partial charge in [0.25, 0.3) is 5.91 Å². The van der Waals surface area contributed by atoms with E-state index in [9.17, 15) is 4.79 Å². The Hall–Kier alpha value is -2.69. The SMILES string of the molecule is CN1Cc2cc(-c3cnc4cnccn34)ccc2C1=O. The van der Waals surface area contributed by atoms with Gasteiger partial charge in [-0.3, -0.25) is 14.2 Å². The molecule has 98 valence electrons. The van der Waals surface area contributed by atoms with Crippen molar-refractivity contribution in [2.75, 3.05) is 7.05 Å². The van der Waals surface area contributed by atoms with E-state index < -0.39 is 0 Å². The number of benzene rings is 1. The number of amides is 1. The summed E-state index contributed by atoms with van der Waals surface area (Å²) in [5.74, 6) is 0.0916. The molecule has 1 amide bonds. The lowest BCUT2D eigenvalue weighted by Crippen LogP contribution is -2.17. The van der Waals surface area contributed by atoms with Crippen LogP contribution in [0.5, 0.6) is 0 Å². The third-order valence-electron chi connectivity index (χ3n) is 3.70. The molecule has 1 aromatic carbocycles. The highest BCUT2D eigenvalue weighted by Crippen LogP contribution is 2.28. The van der Waals surface area contributed by atoms with Crippen molar-refractivity contribution in [1.82, 2.24) is 19.3 Å². The second kappa shape index (κ2) is 3.90. The Morgan fingerprint density at radius 1 is 1.25 bits per heavy atom. The largest absolute Gasteiger partial charge is 0.337 e. The zero-order valence-corrected chi connectivity index (χ0v) is 10.9. The van der Waals surface area contributed by atoms with Gasteiger partial charge in [0.1, 0.15) is 0 Å². The van der Waals surface area contributed by atoms with Gasteiger partial charge in [-0.25, -0.2) is 4.98 Å². The van der Waals surface area contributed by atoms with Crippen LogP contribution < -0.4 is 0 Å². The predicted octanol–water partition coefficient (Wildman–Crippen LogP) is 1.98. The summed E-state index contributed by atoms with van der Waals surface area (Å²) in [5.41, 5.74) is 4.75. The highest BCUT2D eigenvalue weighted by Gasteiger charge is 2.24. The number of carbonyl (C=O) groups excluding carboxylic acids is 1. The first-order valence-electron chi connectivity index (χ1n) is 6.40. The quantitative estimate of drug-likeness (QED) is 0.675. The molecule has 3 heterocycles. The second-order valence-corrected chi connectivity index (χ2v) is 4.98. The minimum atomic E-state index is 0.0916. The monoisotopic (exact) mass is 264 g/mol. The van der Waals surface area contributed by atoms with E-state index in [-0.39, 0.29) is 5.91 Å². The van der Waals surface area contributed by atoms with E-state index in [0.29, 0.717) is 6.54 Å². The number of fused-ring (bicyclic) bond motifs is 2. The first kappa shape index (κ1) is 11.2. The maximum Gasteiger partial charge on any atom is 0.254 e. The Morgan fingerprint density at radius 2 is 2.15 bits per heavy atom. The maximum absolute atomic E-state index is 11.9. The van der Waals surface area contributed by atoms with Gasteiger partial charge in [0.2, 0.25) is 0 Å². The molecule has 0 atom stereocenters. The lowest BCUT2D eigenvalue weighted by molar-refractivity contribution is 0.0816. The number of hydrogen-bond donors (Lipinski definition) is 0. The third kappa shape index (κ3) is 1.46. The summed E-state index contributed by atoms with van der Waals surface area (Å²) in [6.45, 7) is 0.667. The van der Waals surface area contributed by atoms with Gasteiger partial charge in [-0.05, 0) is 17.7 Å². The fourth-order valence-corrected chi connectivity index (χ4v) is 2.68. The van der Waals surface area contributed by atoms with E-state index in [1.54, 1.807) is 17.3 Å². The molecule has 0 fully saturated rings. The van der Waals surface area contributed by atoms with Crippen LogP contribution in [-0.4, -0.2) is 32.2 Å². The summed E-state index contributed by atoms with van der Waals surface area (Å²) < 4.78 is 2.00. The first-order valence-corrected chi connectivity index (χ1v) is 6.40. The number of rotatable bonds is 1. The molecule has 5 nitrogen and oxygen atoms in total. The van der Waals surface area contributed by atoms with Crippen LogP contribution >= 0.6 is 0 Å². The van der Waals surface area contributed by atoms with Crippen molar-refractivity contribution in [2.45, 2.75) is 6.54 Å². The van der Waals surface area contributed by atoms with Crippen molar-refractivity contribution in [3.8, 4) is 11.3 Å². The van der Waals surface area contributed by atoms with Crippen molar-refractivity contribution < 1.29 is 4.79 Å². The van der Waals surface area contributed by atoms with Crippen molar-refractivity contribution in [3.05, 3.63) is 54.1 Å². The summed E-state index contributed by atoms with van der Waals surface area (Å²) in [7, 11) is 1.82. The molecule has 0 N–H and O–H groups in total. The minimum Gasteiger partial charge on any atom is -0.337 e. The van der Waals surface area contributed by atoms with Crippen LogP contribution in [-0.2, 0) is 6.54 Å². The van der Waals surface area contributed by atoms with Gasteiger partial charge in [-0.15, -0.1) is 0 Å². The fraction of sp³-hybridized carbons (Fsp3) is 0.133. The topological polar surface area (TPSA) is 50.5 Å². The average molecular weight is 264 g/mol. The zero-order valence-electron chi connectivity index (χ0n) is 10.9. The Morgan fingerprint density at radius 3 is 3.05 bits per heavy atom. The number of carbonyl (C=O) groups is 1. The van der Waals surface area contributed by atoms with Gasteiger partial charge in [-0.1, -0.05) is 6.07 Å². The zero-order chi connectivity index (χ0) is 13.7. The molecule has 3 aromatic rings. The Bertz CT molecular complexity index is 837. The van der Waals surface area contributed by atoms with E-state index in [2.05, 4.69) is 16.0 Å². The summed E-state index contributed by atoms with van der Waals surface area (Å²) in [4.78, 5) is 22.0. The molecule has 1 aliphatic heterocycles. The Labute approximate surface area is 115 Å². The smallest absolute Gasteiger partial charge is 0.254 e. The van der Waals surface area contributed by atoms with E-state index in [1.807, 2.05) is 36.0 Å². The van der Waals surface area contributed by atoms with E-state index >= 15 is 0 Å².